The summed E-state index contributed by atoms with van der Waals surface area (Å²) in [5, 5.41) is 3.09. The SMILES string of the molecule is CCNCc1ccnc(Oc2cccc(CC)c2)c1F. The number of aromatic nitrogens is 1. The fourth-order valence-corrected chi connectivity index (χ4v) is 1.87. The van der Waals surface area contributed by atoms with Crippen molar-refractivity contribution in [1.82, 2.24) is 10.3 Å². The normalized spacial score (nSPS) is 10.6. The summed E-state index contributed by atoms with van der Waals surface area (Å²) in [5.41, 5.74) is 1.70. The van der Waals surface area contributed by atoms with E-state index in [0.29, 0.717) is 17.9 Å². The van der Waals surface area contributed by atoms with Crippen LogP contribution in [0.3, 0.4) is 0 Å². The van der Waals surface area contributed by atoms with Gasteiger partial charge in [0.05, 0.1) is 0 Å². The molecule has 0 unspecified atom stereocenters. The number of rotatable bonds is 6. The summed E-state index contributed by atoms with van der Waals surface area (Å²) >= 11 is 0. The van der Waals surface area contributed by atoms with Gasteiger partial charge >= 0.3 is 0 Å². The molecule has 2 rings (SSSR count). The summed E-state index contributed by atoms with van der Waals surface area (Å²) in [5.74, 6) is 0.223. The molecule has 20 heavy (non-hydrogen) atoms. The van der Waals surface area contributed by atoms with Gasteiger partial charge in [0.15, 0.2) is 5.82 Å². The van der Waals surface area contributed by atoms with Crippen molar-refractivity contribution in [2.75, 3.05) is 6.54 Å². The first-order valence-electron chi connectivity index (χ1n) is 6.85. The van der Waals surface area contributed by atoms with E-state index < -0.39 is 5.82 Å². The second kappa shape index (κ2) is 7.01. The number of hydrogen-bond acceptors (Lipinski definition) is 3. The summed E-state index contributed by atoms with van der Waals surface area (Å²) in [7, 11) is 0. The van der Waals surface area contributed by atoms with Crippen molar-refractivity contribution < 1.29 is 9.13 Å². The first kappa shape index (κ1) is 14.5. The predicted octanol–water partition coefficient (Wildman–Crippen LogP) is 3.68. The van der Waals surface area contributed by atoms with Crippen LogP contribution in [0.1, 0.15) is 25.0 Å². The molecule has 106 valence electrons. The first-order valence-corrected chi connectivity index (χ1v) is 6.85. The largest absolute Gasteiger partial charge is 0.436 e. The zero-order valence-corrected chi connectivity index (χ0v) is 11.8. The van der Waals surface area contributed by atoms with E-state index in [9.17, 15) is 4.39 Å². The predicted molar refractivity (Wildman–Crippen MR) is 77.5 cm³/mol. The molecule has 1 N–H and O–H groups in total. The highest BCUT2D eigenvalue weighted by Gasteiger charge is 2.11. The summed E-state index contributed by atoms with van der Waals surface area (Å²) < 4.78 is 19.8. The Hall–Kier alpha value is -1.94. The van der Waals surface area contributed by atoms with Gasteiger partial charge in [-0.05, 0) is 36.7 Å². The third-order valence-electron chi connectivity index (χ3n) is 3.02. The number of benzene rings is 1. The van der Waals surface area contributed by atoms with E-state index in [2.05, 4.69) is 17.2 Å². The van der Waals surface area contributed by atoms with Crippen LogP contribution >= 0.6 is 0 Å². The third-order valence-corrected chi connectivity index (χ3v) is 3.02. The Bertz CT molecular complexity index is 572. The quantitative estimate of drug-likeness (QED) is 0.872. The molecule has 0 amide bonds. The molecule has 1 aromatic carbocycles. The van der Waals surface area contributed by atoms with Crippen LogP contribution in [0.5, 0.6) is 11.6 Å². The Morgan fingerprint density at radius 1 is 1.25 bits per heavy atom. The maximum atomic E-state index is 14.2. The number of ether oxygens (including phenoxy) is 1. The fourth-order valence-electron chi connectivity index (χ4n) is 1.87. The highest BCUT2D eigenvalue weighted by atomic mass is 19.1. The Morgan fingerprint density at radius 2 is 2.10 bits per heavy atom. The van der Waals surface area contributed by atoms with Crippen LogP contribution in [-0.4, -0.2) is 11.5 Å². The van der Waals surface area contributed by atoms with Crippen molar-refractivity contribution in [3.05, 3.63) is 53.5 Å². The lowest BCUT2D eigenvalue weighted by molar-refractivity contribution is 0.417. The molecule has 0 saturated heterocycles. The van der Waals surface area contributed by atoms with Gasteiger partial charge in [0.2, 0.25) is 0 Å². The summed E-state index contributed by atoms with van der Waals surface area (Å²) in [6, 6.07) is 9.27. The average Bonchev–Trinajstić information content (AvgIpc) is 2.48. The summed E-state index contributed by atoms with van der Waals surface area (Å²) in [4.78, 5) is 3.97. The van der Waals surface area contributed by atoms with Crippen LogP contribution in [0.15, 0.2) is 36.5 Å². The Morgan fingerprint density at radius 3 is 2.85 bits per heavy atom. The van der Waals surface area contributed by atoms with Gasteiger partial charge < -0.3 is 10.1 Å². The van der Waals surface area contributed by atoms with Crippen molar-refractivity contribution in [3.8, 4) is 11.6 Å². The first-order chi connectivity index (χ1) is 9.74. The van der Waals surface area contributed by atoms with Crippen LogP contribution < -0.4 is 10.1 Å². The van der Waals surface area contributed by atoms with Crippen LogP contribution in [0.4, 0.5) is 4.39 Å². The molecule has 0 fully saturated rings. The molecule has 2 aromatic rings. The Balaban J connectivity index is 2.20. The number of pyridine rings is 1. The van der Waals surface area contributed by atoms with Crippen LogP contribution in [0.25, 0.3) is 0 Å². The van der Waals surface area contributed by atoms with Gasteiger partial charge in [-0.15, -0.1) is 0 Å². The molecule has 0 saturated carbocycles. The van der Waals surface area contributed by atoms with E-state index in [1.165, 1.54) is 0 Å². The van der Waals surface area contributed by atoms with Gasteiger partial charge in [-0.2, -0.15) is 0 Å². The average molecular weight is 274 g/mol. The van der Waals surface area contributed by atoms with Crippen LogP contribution in [0, 0.1) is 5.82 Å². The number of halogens is 1. The molecule has 3 nitrogen and oxygen atoms in total. The van der Waals surface area contributed by atoms with E-state index in [4.69, 9.17) is 4.74 Å². The second-order valence-corrected chi connectivity index (χ2v) is 4.47. The minimum atomic E-state index is -0.407. The van der Waals surface area contributed by atoms with Gasteiger partial charge in [-0.1, -0.05) is 26.0 Å². The lowest BCUT2D eigenvalue weighted by atomic mass is 10.2. The minimum absolute atomic E-state index is 0.0219. The molecule has 0 radical (unpaired) electrons. The molecule has 1 heterocycles. The van der Waals surface area contributed by atoms with E-state index in [1.54, 1.807) is 18.3 Å². The smallest absolute Gasteiger partial charge is 0.256 e. The maximum absolute atomic E-state index is 14.2. The lowest BCUT2D eigenvalue weighted by Gasteiger charge is -2.09. The number of nitrogens with zero attached hydrogens (tertiary/aromatic N) is 1. The van der Waals surface area contributed by atoms with Crippen molar-refractivity contribution in [1.29, 1.82) is 0 Å². The molecule has 0 atom stereocenters. The highest BCUT2D eigenvalue weighted by Crippen LogP contribution is 2.24. The molecule has 0 bridgehead atoms. The van der Waals surface area contributed by atoms with Gasteiger partial charge in [0.1, 0.15) is 5.75 Å². The van der Waals surface area contributed by atoms with E-state index in [1.807, 2.05) is 25.1 Å². The van der Waals surface area contributed by atoms with Crippen molar-refractivity contribution in [2.24, 2.45) is 0 Å². The zero-order valence-electron chi connectivity index (χ0n) is 11.8. The van der Waals surface area contributed by atoms with E-state index in [0.717, 1.165) is 18.5 Å². The molecular weight excluding hydrogens is 255 g/mol. The summed E-state index contributed by atoms with van der Waals surface area (Å²) in [6.07, 6.45) is 2.47. The van der Waals surface area contributed by atoms with Gasteiger partial charge in [0.25, 0.3) is 5.88 Å². The van der Waals surface area contributed by atoms with Crippen molar-refractivity contribution in [2.45, 2.75) is 26.8 Å². The zero-order chi connectivity index (χ0) is 14.4. The molecule has 1 aromatic heterocycles. The van der Waals surface area contributed by atoms with Gasteiger partial charge in [-0.3, -0.25) is 0 Å². The van der Waals surface area contributed by atoms with Gasteiger partial charge in [0, 0.05) is 18.3 Å². The lowest BCUT2D eigenvalue weighted by Crippen LogP contribution is -2.13. The van der Waals surface area contributed by atoms with Crippen LogP contribution in [-0.2, 0) is 13.0 Å². The molecule has 0 aliphatic carbocycles. The fraction of sp³-hybridized carbons (Fsp3) is 0.312. The standard InChI is InChI=1S/C16H19FN2O/c1-3-12-6-5-7-14(10-12)20-16-15(17)13(8-9-19-16)11-18-4-2/h5-10,18H,3-4,11H2,1-2H3. The van der Waals surface area contributed by atoms with Crippen molar-refractivity contribution >= 4 is 0 Å². The third kappa shape index (κ3) is 3.54. The molecule has 0 aliphatic heterocycles. The minimum Gasteiger partial charge on any atom is -0.436 e. The summed E-state index contributed by atoms with van der Waals surface area (Å²) in [6.45, 7) is 5.30. The highest BCUT2D eigenvalue weighted by molar-refractivity contribution is 5.33. The Kier molecular flexibility index (Phi) is 5.07. The molecule has 0 spiro atoms. The van der Waals surface area contributed by atoms with Crippen LogP contribution in [0.2, 0.25) is 0 Å². The van der Waals surface area contributed by atoms with Crippen molar-refractivity contribution in [3.63, 3.8) is 0 Å². The van der Waals surface area contributed by atoms with Gasteiger partial charge in [-0.25, -0.2) is 9.37 Å². The number of nitrogens with one attached hydrogen (secondary N) is 1. The maximum Gasteiger partial charge on any atom is 0.256 e. The van der Waals surface area contributed by atoms with E-state index in [-0.39, 0.29) is 5.88 Å². The Labute approximate surface area is 118 Å². The monoisotopic (exact) mass is 274 g/mol. The van der Waals surface area contributed by atoms with E-state index >= 15 is 0 Å². The topological polar surface area (TPSA) is 34.2 Å². The number of hydrogen-bond donors (Lipinski definition) is 1. The second-order valence-electron chi connectivity index (χ2n) is 4.47. The molecular formula is C16H19FN2O. The molecule has 0 aliphatic rings. The number of aryl methyl sites for hydroxylation is 1. The molecule has 4 heteroatoms.